The van der Waals surface area contributed by atoms with E-state index in [1.54, 1.807) is 0 Å². The molecule has 2 heteroatoms. The molecule has 0 atom stereocenters. The van der Waals surface area contributed by atoms with E-state index in [1.165, 1.54) is 66.3 Å². The van der Waals surface area contributed by atoms with Crippen LogP contribution in [0.15, 0.2) is 231 Å². The van der Waals surface area contributed by atoms with Gasteiger partial charge in [-0.25, -0.2) is 0 Å². The van der Waals surface area contributed by atoms with Crippen molar-refractivity contribution in [2.24, 2.45) is 0 Å². The van der Waals surface area contributed by atoms with Gasteiger partial charge >= 0.3 is 0 Å². The molecule has 0 aliphatic rings. The Balaban J connectivity index is 0.994. The summed E-state index contributed by atoms with van der Waals surface area (Å²) in [4.78, 5) is 2.34. The van der Waals surface area contributed by atoms with Gasteiger partial charge in [0.2, 0.25) is 0 Å². The molecule has 0 saturated carbocycles. The van der Waals surface area contributed by atoms with E-state index in [-0.39, 0.29) is 0 Å². The Hall–Kier alpha value is -7.42. The summed E-state index contributed by atoms with van der Waals surface area (Å²) >= 11 is 0. The Morgan fingerprint density at radius 1 is 0.268 bits per heavy atom. The van der Waals surface area contributed by atoms with Crippen LogP contribution in [0.25, 0.3) is 72.0 Å². The molecule has 2 nitrogen and oxygen atoms in total. The number of fused-ring (bicyclic) bond motifs is 3. The third kappa shape index (κ3) is 6.14. The lowest BCUT2D eigenvalue weighted by atomic mass is 9.98. The number of nitrogens with zero attached hydrogens (tertiary/aromatic N) is 2. The number of aromatic nitrogens is 1. The zero-order chi connectivity index (χ0) is 37.3. The minimum Gasteiger partial charge on any atom is -0.311 e. The molecule has 10 aromatic rings. The molecule has 9 aromatic carbocycles. The van der Waals surface area contributed by atoms with Gasteiger partial charge in [-0.15, -0.1) is 0 Å². The number of anilines is 3. The van der Waals surface area contributed by atoms with Crippen LogP contribution in [0.1, 0.15) is 0 Å². The molecule has 0 saturated heterocycles. The van der Waals surface area contributed by atoms with Gasteiger partial charge in [0.25, 0.3) is 0 Å². The van der Waals surface area contributed by atoms with Crippen molar-refractivity contribution in [3.8, 4) is 50.2 Å². The molecular weight excluding hydrogens is 677 g/mol. The number of hydrogen-bond acceptors (Lipinski definition) is 1. The second-order valence-electron chi connectivity index (χ2n) is 14.2. The first-order valence-electron chi connectivity index (χ1n) is 19.2. The van der Waals surface area contributed by atoms with E-state index < -0.39 is 0 Å². The third-order valence-corrected chi connectivity index (χ3v) is 10.8. The summed E-state index contributed by atoms with van der Waals surface area (Å²) in [6.07, 6.45) is 0. The first-order valence-corrected chi connectivity index (χ1v) is 19.2. The highest BCUT2D eigenvalue weighted by atomic mass is 15.1. The highest BCUT2D eigenvalue weighted by molar-refractivity contribution is 6.13. The van der Waals surface area contributed by atoms with Crippen LogP contribution in [-0.2, 0) is 0 Å². The van der Waals surface area contributed by atoms with Gasteiger partial charge in [0.1, 0.15) is 0 Å². The van der Waals surface area contributed by atoms with E-state index in [9.17, 15) is 0 Å². The summed E-state index contributed by atoms with van der Waals surface area (Å²) in [5, 5.41) is 2.52. The van der Waals surface area contributed by atoms with Gasteiger partial charge in [0.05, 0.1) is 11.0 Å². The summed E-state index contributed by atoms with van der Waals surface area (Å²) in [5.74, 6) is 0. The van der Waals surface area contributed by atoms with Crippen LogP contribution in [0.3, 0.4) is 0 Å². The smallest absolute Gasteiger partial charge is 0.0619 e. The molecular formula is C54H38N2. The molecule has 0 aliphatic heterocycles. The van der Waals surface area contributed by atoms with E-state index >= 15 is 0 Å². The minimum atomic E-state index is 1.10. The van der Waals surface area contributed by atoms with Crippen LogP contribution in [-0.4, -0.2) is 4.57 Å². The predicted molar refractivity (Wildman–Crippen MR) is 237 cm³/mol. The Morgan fingerprint density at radius 3 is 1.14 bits per heavy atom. The average Bonchev–Trinajstić information content (AvgIpc) is 3.63. The van der Waals surface area contributed by atoms with Gasteiger partial charge in [-0.2, -0.15) is 0 Å². The van der Waals surface area contributed by atoms with Crippen molar-refractivity contribution < 1.29 is 0 Å². The SMILES string of the molecule is c1ccc(-c2ccc(N(c3ccc(-c4ccccc4)cc3)c3ccc(-c4ccc(-c5cccc6c7ccccc7n(-c7ccccc7)c56)cc4)cc3)cc2)cc1. The first-order chi connectivity index (χ1) is 27.8. The highest BCUT2D eigenvalue weighted by Gasteiger charge is 2.17. The molecule has 0 bridgehead atoms. The molecule has 56 heavy (non-hydrogen) atoms. The molecule has 0 N–H and O–H groups in total. The fraction of sp³-hybridized carbons (Fsp3) is 0. The Kier molecular flexibility index (Phi) is 8.55. The number of benzene rings is 9. The van der Waals surface area contributed by atoms with Gasteiger partial charge in [-0.3, -0.25) is 0 Å². The molecule has 0 amide bonds. The minimum absolute atomic E-state index is 1.10. The maximum atomic E-state index is 2.41. The normalized spacial score (nSPS) is 11.2. The predicted octanol–water partition coefficient (Wildman–Crippen LogP) is 14.9. The van der Waals surface area contributed by atoms with E-state index in [1.807, 2.05) is 0 Å². The molecule has 0 aliphatic carbocycles. The van der Waals surface area contributed by atoms with Crippen LogP contribution in [0.5, 0.6) is 0 Å². The van der Waals surface area contributed by atoms with Crippen LogP contribution in [0.2, 0.25) is 0 Å². The zero-order valence-corrected chi connectivity index (χ0v) is 30.8. The fourth-order valence-corrected chi connectivity index (χ4v) is 8.06. The summed E-state index contributed by atoms with van der Waals surface area (Å²) < 4.78 is 2.41. The van der Waals surface area contributed by atoms with Crippen LogP contribution >= 0.6 is 0 Å². The van der Waals surface area contributed by atoms with E-state index in [2.05, 4.69) is 240 Å². The molecule has 0 radical (unpaired) electrons. The molecule has 1 heterocycles. The van der Waals surface area contributed by atoms with Gasteiger partial charge in [0.15, 0.2) is 0 Å². The standard InChI is InChI=1S/C54H38N2/c1-4-13-39(14-5-1)42-27-33-47(34-28-42)55(48-35-29-43(30-36-48)40-15-6-2-7-16-40)49-37-31-44(32-38-49)41-23-25-45(26-24-41)50-20-12-21-52-51-19-10-11-22-53(51)56(54(50)52)46-17-8-3-9-18-46/h1-38H. The molecule has 0 unspecified atom stereocenters. The summed E-state index contributed by atoms with van der Waals surface area (Å²) in [5.41, 5.74) is 16.5. The lowest BCUT2D eigenvalue weighted by Crippen LogP contribution is -2.09. The maximum Gasteiger partial charge on any atom is 0.0619 e. The van der Waals surface area contributed by atoms with E-state index in [0.717, 1.165) is 22.7 Å². The lowest BCUT2D eigenvalue weighted by molar-refractivity contribution is 1.18. The quantitative estimate of drug-likeness (QED) is 0.152. The van der Waals surface area contributed by atoms with Crippen molar-refractivity contribution in [1.82, 2.24) is 4.57 Å². The Morgan fingerprint density at radius 2 is 0.643 bits per heavy atom. The van der Waals surface area contributed by atoms with E-state index in [4.69, 9.17) is 0 Å². The van der Waals surface area contributed by atoms with Crippen LogP contribution < -0.4 is 4.90 Å². The fourth-order valence-electron chi connectivity index (χ4n) is 8.06. The zero-order valence-electron chi connectivity index (χ0n) is 30.8. The van der Waals surface area contributed by atoms with Gasteiger partial charge < -0.3 is 9.47 Å². The van der Waals surface area contributed by atoms with Crippen molar-refractivity contribution in [3.05, 3.63) is 231 Å². The average molecular weight is 715 g/mol. The molecule has 10 rings (SSSR count). The Bertz CT molecular complexity index is 2810. The molecule has 0 fully saturated rings. The van der Waals surface area contributed by atoms with Crippen LogP contribution in [0.4, 0.5) is 17.1 Å². The van der Waals surface area contributed by atoms with Gasteiger partial charge in [-0.05, 0) is 93.5 Å². The van der Waals surface area contributed by atoms with Crippen molar-refractivity contribution in [3.63, 3.8) is 0 Å². The Labute approximate surface area is 327 Å². The van der Waals surface area contributed by atoms with E-state index in [0.29, 0.717) is 0 Å². The summed E-state index contributed by atoms with van der Waals surface area (Å²) in [7, 11) is 0. The van der Waals surface area contributed by atoms with Gasteiger partial charge in [-0.1, -0.05) is 176 Å². The third-order valence-electron chi connectivity index (χ3n) is 10.8. The summed E-state index contributed by atoms with van der Waals surface area (Å²) in [6.45, 7) is 0. The second-order valence-corrected chi connectivity index (χ2v) is 14.2. The van der Waals surface area contributed by atoms with Crippen LogP contribution in [0, 0.1) is 0 Å². The highest BCUT2D eigenvalue weighted by Crippen LogP contribution is 2.40. The second kappa shape index (κ2) is 14.4. The molecule has 0 spiro atoms. The van der Waals surface area contributed by atoms with Crippen molar-refractivity contribution in [2.75, 3.05) is 4.90 Å². The molecule has 264 valence electrons. The molecule has 1 aromatic heterocycles. The number of rotatable bonds is 8. The maximum absolute atomic E-state index is 2.41. The van der Waals surface area contributed by atoms with Crippen molar-refractivity contribution in [1.29, 1.82) is 0 Å². The van der Waals surface area contributed by atoms with Crippen molar-refractivity contribution >= 4 is 38.9 Å². The first kappa shape index (κ1) is 33.2. The van der Waals surface area contributed by atoms with Crippen molar-refractivity contribution in [2.45, 2.75) is 0 Å². The number of hydrogen-bond donors (Lipinski definition) is 0. The largest absolute Gasteiger partial charge is 0.311 e. The summed E-state index contributed by atoms with van der Waals surface area (Å²) in [6, 6.07) is 82.9. The van der Waals surface area contributed by atoms with Gasteiger partial charge in [0, 0.05) is 39.1 Å². The monoisotopic (exact) mass is 714 g/mol. The lowest BCUT2D eigenvalue weighted by Gasteiger charge is -2.26. The number of para-hydroxylation sites is 3. The topological polar surface area (TPSA) is 8.17 Å².